The average molecular weight is 314 g/mol. The number of ketones is 1. The maximum absolute atomic E-state index is 13.0. The molecule has 4 nitrogen and oxygen atoms in total. The SMILES string of the molecule is CCc1cc(O)cc(CC)c1C1=C(O)C2C3CCC(O3)C2C1=O. The van der Waals surface area contributed by atoms with Crippen LogP contribution in [0.3, 0.4) is 0 Å². The van der Waals surface area contributed by atoms with E-state index >= 15 is 0 Å². The molecule has 2 heterocycles. The lowest BCUT2D eigenvalue weighted by molar-refractivity contribution is -0.118. The van der Waals surface area contributed by atoms with Crippen molar-refractivity contribution in [3.63, 3.8) is 0 Å². The van der Waals surface area contributed by atoms with Gasteiger partial charge >= 0.3 is 0 Å². The first-order valence-electron chi connectivity index (χ1n) is 8.54. The van der Waals surface area contributed by atoms with Crippen molar-refractivity contribution in [3.8, 4) is 5.75 Å². The van der Waals surface area contributed by atoms with Gasteiger partial charge in [-0.2, -0.15) is 0 Å². The predicted octanol–water partition coefficient (Wildman–Crippen LogP) is 3.16. The number of phenols is 1. The van der Waals surface area contributed by atoms with Crippen LogP contribution in [0.2, 0.25) is 0 Å². The Labute approximate surface area is 135 Å². The van der Waals surface area contributed by atoms with E-state index in [0.717, 1.165) is 29.5 Å². The number of phenolic OH excluding ortho intramolecular Hbond substituents is 1. The summed E-state index contributed by atoms with van der Waals surface area (Å²) in [5.41, 5.74) is 3.16. The number of carbonyl (C=O) groups excluding carboxylic acids is 1. The molecule has 1 aliphatic carbocycles. The molecule has 0 radical (unpaired) electrons. The third-order valence-corrected chi connectivity index (χ3v) is 5.69. The predicted molar refractivity (Wildman–Crippen MR) is 86.3 cm³/mol. The number of fused-ring (bicyclic) bond motifs is 5. The van der Waals surface area contributed by atoms with Crippen molar-refractivity contribution >= 4 is 11.4 Å². The fourth-order valence-electron chi connectivity index (χ4n) is 4.70. The first-order chi connectivity index (χ1) is 11.1. The van der Waals surface area contributed by atoms with Gasteiger partial charge in [-0.1, -0.05) is 13.8 Å². The second-order valence-corrected chi connectivity index (χ2v) is 6.81. The zero-order valence-corrected chi connectivity index (χ0v) is 13.5. The van der Waals surface area contributed by atoms with Crippen LogP contribution in [-0.4, -0.2) is 28.2 Å². The van der Waals surface area contributed by atoms with E-state index in [1.165, 1.54) is 0 Å². The van der Waals surface area contributed by atoms with Crippen molar-refractivity contribution in [3.05, 3.63) is 34.6 Å². The number of aromatic hydroxyl groups is 1. The van der Waals surface area contributed by atoms with E-state index in [1.807, 2.05) is 13.8 Å². The number of hydrogen-bond donors (Lipinski definition) is 2. The Hall–Kier alpha value is -1.81. The second-order valence-electron chi connectivity index (χ2n) is 6.81. The van der Waals surface area contributed by atoms with Crippen LogP contribution in [0.1, 0.15) is 43.4 Å². The molecule has 4 heteroatoms. The molecule has 4 unspecified atom stereocenters. The van der Waals surface area contributed by atoms with Crippen LogP contribution in [0.5, 0.6) is 5.75 Å². The van der Waals surface area contributed by atoms with Crippen molar-refractivity contribution in [1.29, 1.82) is 0 Å². The van der Waals surface area contributed by atoms with Crippen LogP contribution in [0.25, 0.3) is 5.57 Å². The van der Waals surface area contributed by atoms with Crippen LogP contribution >= 0.6 is 0 Å². The quantitative estimate of drug-likeness (QED) is 0.899. The third-order valence-electron chi connectivity index (χ3n) is 5.69. The summed E-state index contributed by atoms with van der Waals surface area (Å²) in [4.78, 5) is 13.0. The van der Waals surface area contributed by atoms with Crippen LogP contribution in [0.15, 0.2) is 17.9 Å². The Morgan fingerprint density at radius 1 is 1.04 bits per heavy atom. The van der Waals surface area contributed by atoms with Crippen molar-refractivity contribution in [2.75, 3.05) is 0 Å². The zero-order chi connectivity index (χ0) is 16.3. The summed E-state index contributed by atoms with van der Waals surface area (Å²) in [6.45, 7) is 4.00. The molecule has 0 amide bonds. The van der Waals surface area contributed by atoms with Gasteiger partial charge in [-0.15, -0.1) is 0 Å². The van der Waals surface area contributed by atoms with E-state index in [2.05, 4.69) is 0 Å². The minimum Gasteiger partial charge on any atom is -0.511 e. The Balaban J connectivity index is 1.90. The fraction of sp³-hybridized carbons (Fsp3) is 0.526. The lowest BCUT2D eigenvalue weighted by Crippen LogP contribution is -2.29. The van der Waals surface area contributed by atoms with Crippen molar-refractivity contribution < 1.29 is 19.7 Å². The second kappa shape index (κ2) is 5.10. The topological polar surface area (TPSA) is 66.8 Å². The molecule has 3 aliphatic rings. The van der Waals surface area contributed by atoms with Crippen LogP contribution in [-0.2, 0) is 22.4 Å². The van der Waals surface area contributed by atoms with Gasteiger partial charge < -0.3 is 14.9 Å². The maximum Gasteiger partial charge on any atom is 0.173 e. The molecule has 4 atom stereocenters. The van der Waals surface area contributed by atoms with Crippen molar-refractivity contribution in [1.82, 2.24) is 0 Å². The fourth-order valence-corrected chi connectivity index (χ4v) is 4.70. The maximum atomic E-state index is 13.0. The minimum atomic E-state index is -0.216. The summed E-state index contributed by atoms with van der Waals surface area (Å²) in [5.74, 6) is 0.0695. The number of Topliss-reactive ketones (excluding diaryl/α,β-unsaturated/α-hetero) is 1. The van der Waals surface area contributed by atoms with Gasteiger partial charge in [-0.3, -0.25) is 4.79 Å². The number of aliphatic hydroxyl groups excluding tert-OH is 1. The molecule has 122 valence electrons. The molecular weight excluding hydrogens is 292 g/mol. The summed E-state index contributed by atoms with van der Waals surface area (Å²) < 4.78 is 5.84. The van der Waals surface area contributed by atoms with E-state index in [0.29, 0.717) is 18.4 Å². The number of ether oxygens (including phenoxy) is 1. The molecule has 4 rings (SSSR count). The number of aryl methyl sites for hydroxylation is 2. The van der Waals surface area contributed by atoms with Gasteiger partial charge in [-0.05, 0) is 54.5 Å². The van der Waals surface area contributed by atoms with E-state index in [9.17, 15) is 15.0 Å². The highest BCUT2D eigenvalue weighted by Crippen LogP contribution is 2.54. The molecule has 2 N–H and O–H groups in total. The lowest BCUT2D eigenvalue weighted by Gasteiger charge is -2.19. The molecule has 0 saturated carbocycles. The molecule has 0 spiro atoms. The molecule has 2 aliphatic heterocycles. The van der Waals surface area contributed by atoms with Gasteiger partial charge in [0, 0.05) is 0 Å². The van der Waals surface area contributed by atoms with Gasteiger partial charge in [0.25, 0.3) is 0 Å². The van der Waals surface area contributed by atoms with Gasteiger partial charge in [-0.25, -0.2) is 0 Å². The standard InChI is InChI=1S/C19H22O4/c1-3-9-7-11(20)8-10(4-2)14(9)17-18(21)15-12-5-6-13(23-12)16(15)19(17)22/h7-8,12-13,15-16,20-21H,3-6H2,1-2H3. The van der Waals surface area contributed by atoms with E-state index in [-0.39, 0.29) is 41.3 Å². The average Bonchev–Trinajstić information content (AvgIpc) is 3.21. The number of benzene rings is 1. The largest absolute Gasteiger partial charge is 0.511 e. The Kier molecular flexibility index (Phi) is 3.27. The summed E-state index contributed by atoms with van der Waals surface area (Å²) in [5, 5.41) is 20.8. The third kappa shape index (κ3) is 1.91. The van der Waals surface area contributed by atoms with E-state index in [1.54, 1.807) is 12.1 Å². The molecule has 1 aromatic rings. The lowest BCUT2D eigenvalue weighted by atomic mass is 9.80. The Morgan fingerprint density at radius 3 is 2.13 bits per heavy atom. The summed E-state index contributed by atoms with van der Waals surface area (Å²) >= 11 is 0. The zero-order valence-electron chi connectivity index (χ0n) is 13.5. The van der Waals surface area contributed by atoms with Crippen LogP contribution in [0.4, 0.5) is 0 Å². The molecule has 1 aromatic carbocycles. The van der Waals surface area contributed by atoms with Gasteiger partial charge in [0.1, 0.15) is 11.5 Å². The van der Waals surface area contributed by atoms with E-state index in [4.69, 9.17) is 4.74 Å². The number of carbonyl (C=O) groups is 1. The summed E-state index contributed by atoms with van der Waals surface area (Å²) in [6.07, 6.45) is 3.20. The Bertz CT molecular complexity index is 693. The highest BCUT2D eigenvalue weighted by atomic mass is 16.5. The first kappa shape index (κ1) is 14.8. The monoisotopic (exact) mass is 314 g/mol. The summed E-state index contributed by atoms with van der Waals surface area (Å²) in [6, 6.07) is 3.42. The summed E-state index contributed by atoms with van der Waals surface area (Å²) in [7, 11) is 0. The normalized spacial score (nSPS) is 32.0. The van der Waals surface area contributed by atoms with Gasteiger partial charge in [0.05, 0.1) is 29.6 Å². The molecular formula is C19H22O4. The van der Waals surface area contributed by atoms with Crippen molar-refractivity contribution in [2.24, 2.45) is 11.8 Å². The number of allylic oxidation sites excluding steroid dienone is 1. The highest BCUT2D eigenvalue weighted by molar-refractivity contribution is 6.26. The van der Waals surface area contributed by atoms with E-state index < -0.39 is 0 Å². The van der Waals surface area contributed by atoms with Gasteiger partial charge in [0.2, 0.25) is 0 Å². The highest BCUT2D eigenvalue weighted by Gasteiger charge is 2.59. The minimum absolute atomic E-state index is 0.0151. The van der Waals surface area contributed by atoms with Crippen LogP contribution < -0.4 is 0 Å². The molecule has 0 aromatic heterocycles. The van der Waals surface area contributed by atoms with Crippen molar-refractivity contribution in [2.45, 2.75) is 51.7 Å². The molecule has 2 saturated heterocycles. The first-order valence-corrected chi connectivity index (χ1v) is 8.54. The Morgan fingerprint density at radius 2 is 1.61 bits per heavy atom. The molecule has 2 fully saturated rings. The van der Waals surface area contributed by atoms with Gasteiger partial charge in [0.15, 0.2) is 5.78 Å². The van der Waals surface area contributed by atoms with Crippen LogP contribution in [0, 0.1) is 11.8 Å². The number of aliphatic hydroxyl groups is 1. The molecule has 23 heavy (non-hydrogen) atoms. The molecule has 2 bridgehead atoms. The number of hydrogen-bond acceptors (Lipinski definition) is 4. The smallest absolute Gasteiger partial charge is 0.173 e. The number of rotatable bonds is 3.